The van der Waals surface area contributed by atoms with Crippen LogP contribution < -0.4 is 0 Å². The smallest absolute Gasteiger partial charge is 0.245 e. The number of pyridine rings is 1. The molecule has 0 saturated carbocycles. The van der Waals surface area contributed by atoms with Crippen molar-refractivity contribution < 1.29 is 30.7 Å². The van der Waals surface area contributed by atoms with E-state index in [0.29, 0.717) is 12.2 Å². The van der Waals surface area contributed by atoms with Gasteiger partial charge in [-0.15, -0.1) is 0 Å². The van der Waals surface area contributed by atoms with Gasteiger partial charge in [-0.1, -0.05) is 49.5 Å². The second-order valence-electron chi connectivity index (χ2n) is 5.06. The summed E-state index contributed by atoms with van der Waals surface area (Å²) in [5.74, 6) is 0. The molecule has 1 radical (unpaired) electrons. The van der Waals surface area contributed by atoms with Crippen molar-refractivity contribution in [3.63, 3.8) is 0 Å². The summed E-state index contributed by atoms with van der Waals surface area (Å²) in [5.41, 5.74) is -6.98. The third-order valence-electron chi connectivity index (χ3n) is 3.35. The fourth-order valence-electron chi connectivity index (χ4n) is 2.19. The van der Waals surface area contributed by atoms with Crippen molar-refractivity contribution in [3.8, 4) is 0 Å². The zero-order valence-electron chi connectivity index (χ0n) is 11.7. The molecule has 0 saturated heterocycles. The monoisotopic (exact) mass is 514 g/mol. The molecule has 1 aliphatic carbocycles. The van der Waals surface area contributed by atoms with Gasteiger partial charge in [0.15, 0.2) is 0 Å². The van der Waals surface area contributed by atoms with Crippen LogP contribution >= 0.6 is 43.5 Å². The van der Waals surface area contributed by atoms with E-state index in [4.69, 9.17) is 11.6 Å². The van der Waals surface area contributed by atoms with Crippen LogP contribution in [0.2, 0.25) is 5.15 Å². The zero-order valence-corrected chi connectivity index (χ0v) is 15.6. The molecule has 0 N–H and O–H groups in total. The molecular formula is C14H6Br2ClF7N. The van der Waals surface area contributed by atoms with E-state index in [1.54, 1.807) is 0 Å². The first-order chi connectivity index (χ1) is 11.2. The second kappa shape index (κ2) is 6.53. The van der Waals surface area contributed by atoms with E-state index in [1.807, 2.05) is 0 Å². The highest BCUT2D eigenvalue weighted by Gasteiger charge is 2.74. The number of aromatic nitrogens is 1. The molecule has 1 atom stereocenters. The Hall–Kier alpha value is -0.610. The van der Waals surface area contributed by atoms with Crippen LogP contribution in [-0.2, 0) is 4.32 Å². The highest BCUT2D eigenvalue weighted by atomic mass is 79.9. The van der Waals surface area contributed by atoms with E-state index in [2.05, 4.69) is 36.8 Å². The lowest BCUT2D eigenvalue weighted by atomic mass is 9.83. The van der Waals surface area contributed by atoms with Crippen molar-refractivity contribution in [2.24, 2.45) is 0 Å². The van der Waals surface area contributed by atoms with Gasteiger partial charge < -0.3 is 0 Å². The molecule has 0 aromatic carbocycles. The van der Waals surface area contributed by atoms with Gasteiger partial charge in [0, 0.05) is 22.7 Å². The SMILES string of the molecule is FC(F)(F)C(F)(C1=CC(Br)(c2ccnc(Cl)c2)[CH]C(Br)=C1)C(F)(F)F. The van der Waals surface area contributed by atoms with E-state index in [-0.39, 0.29) is 15.2 Å². The first kappa shape index (κ1) is 20.7. The van der Waals surface area contributed by atoms with Gasteiger partial charge in [0.05, 0.1) is 4.32 Å². The summed E-state index contributed by atoms with van der Waals surface area (Å²) in [6.45, 7) is 0. The molecule has 11 heteroatoms. The van der Waals surface area contributed by atoms with Crippen molar-refractivity contribution in [2.45, 2.75) is 22.3 Å². The molecular weight excluding hydrogens is 510 g/mol. The fraction of sp³-hybridized carbons (Fsp3) is 0.286. The molecule has 0 fully saturated rings. The van der Waals surface area contributed by atoms with Gasteiger partial charge in [-0.2, -0.15) is 26.3 Å². The predicted octanol–water partition coefficient (Wildman–Crippen LogP) is 6.58. The molecule has 137 valence electrons. The minimum atomic E-state index is -6.21. The molecule has 1 aromatic heterocycles. The third-order valence-corrected chi connectivity index (χ3v) is 4.94. The summed E-state index contributed by atoms with van der Waals surface area (Å²) in [7, 11) is 0. The van der Waals surface area contributed by atoms with E-state index in [9.17, 15) is 30.7 Å². The summed E-state index contributed by atoms with van der Waals surface area (Å²) in [5, 5.41) is -0.0384. The van der Waals surface area contributed by atoms with Crippen molar-refractivity contribution in [1.29, 1.82) is 0 Å². The van der Waals surface area contributed by atoms with Crippen molar-refractivity contribution >= 4 is 43.5 Å². The lowest BCUT2D eigenvalue weighted by Crippen LogP contribution is -2.55. The van der Waals surface area contributed by atoms with Crippen LogP contribution in [-0.4, -0.2) is 23.0 Å². The Bertz CT molecular complexity index is 727. The summed E-state index contributed by atoms with van der Waals surface area (Å²) >= 11 is 11.6. The molecule has 0 aliphatic heterocycles. The summed E-state index contributed by atoms with van der Waals surface area (Å²) < 4.78 is 90.5. The number of hydrogen-bond acceptors (Lipinski definition) is 1. The summed E-state index contributed by atoms with van der Waals surface area (Å²) in [4.78, 5) is 3.68. The average molecular weight is 516 g/mol. The predicted molar refractivity (Wildman–Crippen MR) is 85.2 cm³/mol. The first-order valence-corrected chi connectivity index (χ1v) is 8.27. The quantitative estimate of drug-likeness (QED) is 0.246. The van der Waals surface area contributed by atoms with Crippen LogP contribution in [0.15, 0.2) is 40.5 Å². The molecule has 25 heavy (non-hydrogen) atoms. The maximum atomic E-state index is 14.3. The second-order valence-corrected chi connectivity index (χ2v) is 7.68. The number of allylic oxidation sites excluding steroid dienone is 4. The van der Waals surface area contributed by atoms with Crippen LogP contribution in [0.3, 0.4) is 0 Å². The minimum Gasteiger partial charge on any atom is -0.245 e. The Morgan fingerprint density at radius 3 is 2.08 bits per heavy atom. The lowest BCUT2D eigenvalue weighted by Gasteiger charge is -2.36. The van der Waals surface area contributed by atoms with Crippen LogP contribution in [0, 0.1) is 6.42 Å². The molecule has 1 aromatic rings. The van der Waals surface area contributed by atoms with Crippen LogP contribution in [0.5, 0.6) is 0 Å². The number of rotatable bonds is 2. The molecule has 0 amide bonds. The van der Waals surface area contributed by atoms with Gasteiger partial charge in [0.2, 0.25) is 0 Å². The van der Waals surface area contributed by atoms with E-state index in [1.165, 1.54) is 24.8 Å². The van der Waals surface area contributed by atoms with Gasteiger partial charge in [-0.05, 0) is 23.8 Å². The maximum absolute atomic E-state index is 14.3. The molecule has 0 bridgehead atoms. The first-order valence-electron chi connectivity index (χ1n) is 6.30. The number of alkyl halides is 8. The normalized spacial score (nSPS) is 22.5. The molecule has 1 aliphatic rings. The summed E-state index contributed by atoms with van der Waals surface area (Å²) in [6, 6.07) is 2.55. The Morgan fingerprint density at radius 1 is 1.04 bits per heavy atom. The highest BCUT2D eigenvalue weighted by molar-refractivity contribution is 9.12. The van der Waals surface area contributed by atoms with Gasteiger partial charge in [-0.25, -0.2) is 9.37 Å². The largest absolute Gasteiger partial charge is 0.435 e. The van der Waals surface area contributed by atoms with E-state index < -0.39 is 27.9 Å². The number of nitrogens with zero attached hydrogens (tertiary/aromatic N) is 1. The molecule has 1 heterocycles. The Morgan fingerprint density at radius 2 is 1.60 bits per heavy atom. The van der Waals surface area contributed by atoms with E-state index in [0.717, 1.165) is 0 Å². The standard InChI is InChI=1S/C14H6Br2ClF7N/c15-9-3-8(12(18,13(19,20)21)14(22,23)24)5-11(16,6-9)7-1-2-25-10(17)4-7/h1-6H. The molecule has 1 nitrogen and oxygen atoms in total. The number of halogens is 10. The number of hydrogen-bond donors (Lipinski definition) is 0. The lowest BCUT2D eigenvalue weighted by molar-refractivity contribution is -0.325. The van der Waals surface area contributed by atoms with Crippen molar-refractivity contribution in [1.82, 2.24) is 4.98 Å². The zero-order chi connectivity index (χ0) is 19.3. The van der Waals surface area contributed by atoms with Gasteiger partial charge in [0.25, 0.3) is 0 Å². The summed E-state index contributed by atoms with van der Waals surface area (Å²) in [6.07, 6.45) is -9.00. The Labute approximate surface area is 159 Å². The maximum Gasteiger partial charge on any atom is 0.435 e. The Kier molecular flexibility index (Phi) is 5.40. The van der Waals surface area contributed by atoms with Gasteiger partial charge >= 0.3 is 18.0 Å². The molecule has 2 rings (SSSR count). The minimum absolute atomic E-state index is 0.0384. The Balaban J connectivity index is 2.69. The third kappa shape index (κ3) is 3.75. The van der Waals surface area contributed by atoms with Gasteiger partial charge in [0.1, 0.15) is 5.15 Å². The average Bonchev–Trinajstić information content (AvgIpc) is 2.43. The van der Waals surface area contributed by atoms with Crippen molar-refractivity contribution in [2.75, 3.05) is 0 Å². The van der Waals surface area contributed by atoms with Gasteiger partial charge in [-0.3, -0.25) is 0 Å². The van der Waals surface area contributed by atoms with Crippen molar-refractivity contribution in [3.05, 3.63) is 57.7 Å². The molecule has 0 spiro atoms. The van der Waals surface area contributed by atoms with Crippen LogP contribution in [0.1, 0.15) is 5.56 Å². The highest BCUT2D eigenvalue weighted by Crippen LogP contribution is 2.55. The fourth-order valence-corrected chi connectivity index (χ4v) is 4.02. The molecule has 1 unspecified atom stereocenters. The van der Waals surface area contributed by atoms with Crippen LogP contribution in [0.4, 0.5) is 30.7 Å². The van der Waals surface area contributed by atoms with Crippen LogP contribution in [0.25, 0.3) is 0 Å². The van der Waals surface area contributed by atoms with E-state index >= 15 is 0 Å². The topological polar surface area (TPSA) is 12.9 Å².